The van der Waals surface area contributed by atoms with Crippen LogP contribution in [0.25, 0.3) is 10.4 Å². The standard InChI is InChI=1S/C19H16ClFN2O3S.C7H11NO2/c1-10(24)19-23-9-17(27-19)14-6-15(21)13(7-16(14)25)18(26)22-8-11-2-4-12(20)5-3-11;9-7-8-4-2-1-3-6(8)5-10-7/h2-7,9-10,24-25H,8H2,1H3,(H,22,26);6H,1-5H2. The van der Waals surface area contributed by atoms with Crippen molar-refractivity contribution in [1.29, 1.82) is 0 Å². The molecule has 3 aromatic rings. The topological polar surface area (TPSA) is 112 Å². The second kappa shape index (κ2) is 11.9. The van der Waals surface area contributed by atoms with Gasteiger partial charge in [0.05, 0.1) is 16.5 Å². The number of thiazole rings is 1. The van der Waals surface area contributed by atoms with Crippen molar-refractivity contribution in [3.05, 3.63) is 69.6 Å². The van der Waals surface area contributed by atoms with Crippen LogP contribution in [0.1, 0.15) is 53.2 Å². The van der Waals surface area contributed by atoms with Crippen LogP contribution >= 0.6 is 22.9 Å². The number of hydrogen-bond donors (Lipinski definition) is 3. The summed E-state index contributed by atoms with van der Waals surface area (Å²) in [5, 5.41) is 23.4. The second-order valence-electron chi connectivity index (χ2n) is 8.82. The Bertz CT molecular complexity index is 1270. The Labute approximate surface area is 222 Å². The van der Waals surface area contributed by atoms with Gasteiger partial charge >= 0.3 is 6.09 Å². The lowest BCUT2D eigenvalue weighted by Gasteiger charge is -2.25. The molecule has 2 fully saturated rings. The van der Waals surface area contributed by atoms with Gasteiger partial charge in [0, 0.05) is 29.9 Å². The zero-order valence-corrected chi connectivity index (χ0v) is 21.7. The number of aliphatic hydroxyl groups is 1. The van der Waals surface area contributed by atoms with Gasteiger partial charge in [-0.1, -0.05) is 23.7 Å². The van der Waals surface area contributed by atoms with Crippen LogP contribution in [0.3, 0.4) is 0 Å². The van der Waals surface area contributed by atoms with Crippen LogP contribution < -0.4 is 5.32 Å². The number of rotatable bonds is 5. The third-order valence-corrected chi connectivity index (χ3v) is 7.56. The van der Waals surface area contributed by atoms with E-state index in [1.807, 2.05) is 4.90 Å². The Morgan fingerprint density at radius 1 is 1.32 bits per heavy atom. The Morgan fingerprint density at radius 3 is 2.76 bits per heavy atom. The number of aromatic hydroxyl groups is 1. The molecule has 3 heterocycles. The maximum atomic E-state index is 14.5. The molecule has 2 unspecified atom stereocenters. The highest BCUT2D eigenvalue weighted by Gasteiger charge is 2.34. The van der Waals surface area contributed by atoms with Gasteiger partial charge in [0.1, 0.15) is 29.3 Å². The molecule has 0 aliphatic carbocycles. The monoisotopic (exact) mass is 547 g/mol. The molecule has 0 saturated carbocycles. The maximum Gasteiger partial charge on any atom is 0.410 e. The highest BCUT2D eigenvalue weighted by Crippen LogP contribution is 2.36. The first-order valence-corrected chi connectivity index (χ1v) is 13.0. The number of amides is 2. The van der Waals surface area contributed by atoms with Crippen LogP contribution in [0.4, 0.5) is 9.18 Å². The molecule has 0 radical (unpaired) electrons. The molecule has 8 nitrogen and oxygen atoms in total. The number of hydrogen-bond acceptors (Lipinski definition) is 7. The zero-order valence-electron chi connectivity index (χ0n) is 20.1. The van der Waals surface area contributed by atoms with E-state index in [-0.39, 0.29) is 29.5 Å². The predicted octanol–water partition coefficient (Wildman–Crippen LogP) is 5.28. The Hall–Kier alpha value is -3.21. The number of ether oxygens (including phenoxy) is 1. The van der Waals surface area contributed by atoms with Crippen molar-refractivity contribution in [2.24, 2.45) is 0 Å². The van der Waals surface area contributed by atoms with Gasteiger partial charge in [-0.05, 0) is 56.0 Å². The molecular formula is C26H27ClFN3O5S. The van der Waals surface area contributed by atoms with E-state index in [4.69, 9.17) is 16.3 Å². The Kier molecular flexibility index (Phi) is 8.63. The number of phenols is 1. The number of halogens is 2. The van der Waals surface area contributed by atoms with Crippen molar-refractivity contribution in [1.82, 2.24) is 15.2 Å². The first kappa shape index (κ1) is 26.8. The number of piperidine rings is 1. The van der Waals surface area contributed by atoms with Gasteiger partial charge in [-0.15, -0.1) is 11.3 Å². The highest BCUT2D eigenvalue weighted by molar-refractivity contribution is 7.15. The Morgan fingerprint density at radius 2 is 2.08 bits per heavy atom. The number of fused-ring (bicyclic) bond motifs is 1. The molecule has 11 heteroatoms. The normalized spacial score (nSPS) is 17.4. The molecule has 37 heavy (non-hydrogen) atoms. The number of cyclic esters (lactones) is 1. The molecule has 0 bridgehead atoms. The quantitative estimate of drug-likeness (QED) is 0.400. The summed E-state index contributed by atoms with van der Waals surface area (Å²) in [4.78, 5) is 29.6. The van der Waals surface area contributed by atoms with Gasteiger partial charge < -0.3 is 25.2 Å². The number of nitrogens with zero attached hydrogens (tertiary/aromatic N) is 2. The molecular weight excluding hydrogens is 521 g/mol. The Balaban J connectivity index is 0.000000265. The fourth-order valence-corrected chi connectivity index (χ4v) is 5.09. The highest BCUT2D eigenvalue weighted by atomic mass is 35.5. The molecule has 2 aliphatic heterocycles. The molecule has 5 rings (SSSR count). The number of carbonyl (C=O) groups is 2. The van der Waals surface area contributed by atoms with Crippen molar-refractivity contribution in [2.45, 2.75) is 44.9 Å². The lowest BCUT2D eigenvalue weighted by molar-refractivity contribution is 0.0946. The minimum absolute atomic E-state index is 0.107. The summed E-state index contributed by atoms with van der Waals surface area (Å²) in [6.45, 7) is 3.30. The molecule has 2 aromatic carbocycles. The zero-order chi connectivity index (χ0) is 26.5. The number of nitrogens with one attached hydrogen (secondary N) is 1. The molecule has 2 amide bonds. The summed E-state index contributed by atoms with van der Waals surface area (Å²) in [6.07, 6.45) is 4.11. The van der Waals surface area contributed by atoms with E-state index < -0.39 is 17.8 Å². The van der Waals surface area contributed by atoms with Gasteiger partial charge in [0.25, 0.3) is 5.91 Å². The third-order valence-electron chi connectivity index (χ3n) is 6.10. The smallest absolute Gasteiger partial charge is 0.410 e. The molecule has 196 valence electrons. The summed E-state index contributed by atoms with van der Waals surface area (Å²) in [7, 11) is 0. The lowest BCUT2D eigenvalue weighted by Crippen LogP contribution is -2.37. The molecule has 1 aromatic heterocycles. The number of benzene rings is 2. The molecule has 2 atom stereocenters. The van der Waals surface area contributed by atoms with Crippen LogP contribution in [0, 0.1) is 5.82 Å². The summed E-state index contributed by atoms with van der Waals surface area (Å²) < 4.78 is 19.3. The van der Waals surface area contributed by atoms with Crippen molar-refractivity contribution in [3.8, 4) is 16.2 Å². The molecule has 2 aliphatic rings. The van der Waals surface area contributed by atoms with Crippen molar-refractivity contribution in [3.63, 3.8) is 0 Å². The van der Waals surface area contributed by atoms with Crippen molar-refractivity contribution >= 4 is 34.9 Å². The lowest BCUT2D eigenvalue weighted by atomic mass is 10.0. The largest absolute Gasteiger partial charge is 0.507 e. The third kappa shape index (κ3) is 6.57. The number of phenolic OH excluding ortho intramolecular Hbond substituents is 1. The van der Waals surface area contributed by atoms with Crippen LogP contribution in [-0.4, -0.2) is 51.3 Å². The van der Waals surface area contributed by atoms with E-state index in [0.717, 1.165) is 48.4 Å². The average Bonchev–Trinajstić information content (AvgIpc) is 3.53. The first-order valence-electron chi connectivity index (χ1n) is 11.9. The molecule has 2 saturated heterocycles. The van der Waals surface area contributed by atoms with Crippen LogP contribution in [0.5, 0.6) is 5.75 Å². The summed E-state index contributed by atoms with van der Waals surface area (Å²) >= 11 is 6.95. The van der Waals surface area contributed by atoms with Crippen LogP contribution in [-0.2, 0) is 11.3 Å². The van der Waals surface area contributed by atoms with E-state index in [9.17, 15) is 24.2 Å². The average molecular weight is 548 g/mol. The minimum atomic E-state index is -0.761. The first-order chi connectivity index (χ1) is 17.7. The van der Waals surface area contributed by atoms with E-state index in [0.29, 0.717) is 27.6 Å². The number of aliphatic hydroxyl groups excluding tert-OH is 1. The summed E-state index contributed by atoms with van der Waals surface area (Å²) in [6, 6.07) is 9.48. The summed E-state index contributed by atoms with van der Waals surface area (Å²) in [5.41, 5.74) is 0.765. The molecule has 0 spiro atoms. The predicted molar refractivity (Wildman–Crippen MR) is 138 cm³/mol. The van der Waals surface area contributed by atoms with E-state index >= 15 is 0 Å². The van der Waals surface area contributed by atoms with Crippen molar-refractivity contribution in [2.75, 3.05) is 13.2 Å². The van der Waals surface area contributed by atoms with E-state index in [1.165, 1.54) is 12.6 Å². The van der Waals surface area contributed by atoms with Crippen LogP contribution in [0.15, 0.2) is 42.6 Å². The van der Waals surface area contributed by atoms with E-state index in [1.54, 1.807) is 31.2 Å². The van der Waals surface area contributed by atoms with E-state index in [2.05, 4.69) is 10.3 Å². The fraction of sp³-hybridized carbons (Fsp3) is 0.346. The molecule has 3 N–H and O–H groups in total. The second-order valence-corrected chi connectivity index (χ2v) is 10.3. The minimum Gasteiger partial charge on any atom is -0.507 e. The fourth-order valence-electron chi connectivity index (χ4n) is 4.08. The van der Waals surface area contributed by atoms with Crippen molar-refractivity contribution < 1.29 is 28.9 Å². The maximum absolute atomic E-state index is 14.5. The number of carbonyl (C=O) groups excluding carboxylic acids is 2. The van der Waals surface area contributed by atoms with Gasteiger partial charge in [-0.25, -0.2) is 14.2 Å². The van der Waals surface area contributed by atoms with Gasteiger partial charge in [-0.2, -0.15) is 0 Å². The van der Waals surface area contributed by atoms with Gasteiger partial charge in [0.2, 0.25) is 0 Å². The summed E-state index contributed by atoms with van der Waals surface area (Å²) in [5.74, 6) is -1.64. The van der Waals surface area contributed by atoms with Crippen LogP contribution in [0.2, 0.25) is 5.02 Å². The van der Waals surface area contributed by atoms with Gasteiger partial charge in [0.15, 0.2) is 0 Å². The number of aromatic nitrogens is 1. The van der Waals surface area contributed by atoms with Gasteiger partial charge in [-0.3, -0.25) is 4.79 Å². The SMILES string of the molecule is CC(O)c1ncc(-c2cc(F)c(C(=O)NCc3ccc(Cl)cc3)cc2O)s1.O=C1OCC2CCCCN12.